The van der Waals surface area contributed by atoms with Crippen molar-refractivity contribution in [1.82, 2.24) is 14.1 Å². The molecule has 84 valence electrons. The van der Waals surface area contributed by atoms with Crippen LogP contribution in [-0.4, -0.2) is 32.9 Å². The minimum Gasteiger partial charge on any atom is -0.396 e. The van der Waals surface area contributed by atoms with Crippen LogP contribution >= 0.6 is 11.7 Å². The summed E-state index contributed by atoms with van der Waals surface area (Å²) in [5, 5.41) is 11.6. The first-order valence-corrected chi connectivity index (χ1v) is 5.45. The topological polar surface area (TPSA) is 75.1 Å². The second kappa shape index (κ2) is 5.18. The molecule has 0 radical (unpaired) electrons. The van der Waals surface area contributed by atoms with Crippen LogP contribution in [0.2, 0.25) is 0 Å². The molecule has 1 heterocycles. The number of carbonyl (C=O) groups is 1. The average Bonchev–Trinajstić information content (AvgIpc) is 2.67. The van der Waals surface area contributed by atoms with Gasteiger partial charge in [-0.05, 0) is 11.8 Å². The normalized spacial score (nSPS) is 11.4. The third kappa shape index (κ3) is 3.93. The molecule has 0 spiro atoms. The van der Waals surface area contributed by atoms with E-state index in [1.807, 2.05) is 13.8 Å². The molecule has 1 aromatic heterocycles. The largest absolute Gasteiger partial charge is 0.396 e. The lowest BCUT2D eigenvalue weighted by Crippen LogP contribution is -2.34. The highest BCUT2D eigenvalue weighted by molar-refractivity contribution is 6.99. The Bertz CT molecular complexity index is 311. The molecule has 0 atom stereocenters. The Labute approximate surface area is 92.9 Å². The van der Waals surface area contributed by atoms with Gasteiger partial charge in [0.15, 0.2) is 5.69 Å². The van der Waals surface area contributed by atoms with Crippen molar-refractivity contribution in [3.63, 3.8) is 0 Å². The van der Waals surface area contributed by atoms with Gasteiger partial charge in [-0.25, -0.2) is 0 Å². The summed E-state index contributed by atoms with van der Waals surface area (Å²) in [4.78, 5) is 11.5. The average molecular weight is 229 g/mol. The lowest BCUT2D eigenvalue weighted by molar-refractivity contribution is 0.0924. The van der Waals surface area contributed by atoms with E-state index in [-0.39, 0.29) is 17.9 Å². The van der Waals surface area contributed by atoms with E-state index in [4.69, 9.17) is 5.11 Å². The third-order valence-corrected chi connectivity index (χ3v) is 2.59. The van der Waals surface area contributed by atoms with Crippen molar-refractivity contribution in [3.8, 4) is 0 Å². The summed E-state index contributed by atoms with van der Waals surface area (Å²) < 4.78 is 7.59. The molecule has 1 rings (SSSR count). The van der Waals surface area contributed by atoms with Crippen molar-refractivity contribution < 1.29 is 9.90 Å². The van der Waals surface area contributed by atoms with Gasteiger partial charge in [-0.15, -0.1) is 0 Å². The zero-order valence-corrected chi connectivity index (χ0v) is 9.67. The summed E-state index contributed by atoms with van der Waals surface area (Å²) in [5.41, 5.74) is 0.244. The van der Waals surface area contributed by atoms with Crippen LogP contribution in [0.5, 0.6) is 0 Å². The van der Waals surface area contributed by atoms with Crippen molar-refractivity contribution in [3.05, 3.63) is 11.9 Å². The van der Waals surface area contributed by atoms with Crippen LogP contribution in [0.1, 0.15) is 30.8 Å². The standard InChI is InChI=1S/C9H15N3O2S/c1-9(2,3-4-13)6-10-8(14)7-5-11-15-12-7/h5,13H,3-4,6H2,1-2H3,(H,10,14). The van der Waals surface area contributed by atoms with Gasteiger partial charge in [0.2, 0.25) is 0 Å². The minimum atomic E-state index is -0.213. The summed E-state index contributed by atoms with van der Waals surface area (Å²) in [5.74, 6) is -0.213. The number of nitrogens with one attached hydrogen (secondary N) is 1. The van der Waals surface area contributed by atoms with Gasteiger partial charge in [0.25, 0.3) is 5.91 Å². The van der Waals surface area contributed by atoms with E-state index in [0.717, 1.165) is 11.7 Å². The molecule has 0 saturated carbocycles. The van der Waals surface area contributed by atoms with Crippen molar-refractivity contribution >= 4 is 17.6 Å². The summed E-state index contributed by atoms with van der Waals surface area (Å²) >= 11 is 1.01. The molecule has 6 heteroatoms. The number of rotatable bonds is 5. The van der Waals surface area contributed by atoms with Crippen LogP contribution in [0.15, 0.2) is 6.20 Å². The fourth-order valence-corrected chi connectivity index (χ4v) is 1.48. The summed E-state index contributed by atoms with van der Waals surface area (Å²) in [6.45, 7) is 4.62. The summed E-state index contributed by atoms with van der Waals surface area (Å²) in [7, 11) is 0. The Morgan fingerprint density at radius 3 is 2.93 bits per heavy atom. The first kappa shape index (κ1) is 12.1. The molecule has 15 heavy (non-hydrogen) atoms. The highest BCUT2D eigenvalue weighted by Gasteiger charge is 2.19. The van der Waals surface area contributed by atoms with Crippen LogP contribution in [0.4, 0.5) is 0 Å². The second-order valence-corrected chi connectivity index (χ2v) is 4.67. The lowest BCUT2D eigenvalue weighted by Gasteiger charge is -2.23. The number of hydrogen-bond donors (Lipinski definition) is 2. The van der Waals surface area contributed by atoms with Gasteiger partial charge < -0.3 is 10.4 Å². The number of amides is 1. The smallest absolute Gasteiger partial charge is 0.272 e. The maximum absolute atomic E-state index is 11.5. The number of aliphatic hydroxyl groups excluding tert-OH is 1. The predicted molar refractivity (Wildman–Crippen MR) is 57.7 cm³/mol. The number of carbonyl (C=O) groups excluding carboxylic acids is 1. The van der Waals surface area contributed by atoms with Gasteiger partial charge in [-0.2, -0.15) is 8.75 Å². The molecule has 0 aliphatic heterocycles. The molecule has 0 bridgehead atoms. The Balaban J connectivity index is 2.40. The van der Waals surface area contributed by atoms with E-state index >= 15 is 0 Å². The quantitative estimate of drug-likeness (QED) is 0.778. The molecular formula is C9H15N3O2S. The van der Waals surface area contributed by atoms with Gasteiger partial charge in [0, 0.05) is 13.2 Å². The van der Waals surface area contributed by atoms with Gasteiger partial charge in [-0.1, -0.05) is 13.8 Å². The van der Waals surface area contributed by atoms with Crippen molar-refractivity contribution in [1.29, 1.82) is 0 Å². The molecule has 0 fully saturated rings. The monoisotopic (exact) mass is 229 g/mol. The molecule has 5 nitrogen and oxygen atoms in total. The van der Waals surface area contributed by atoms with E-state index in [1.165, 1.54) is 6.20 Å². The fraction of sp³-hybridized carbons (Fsp3) is 0.667. The highest BCUT2D eigenvalue weighted by Crippen LogP contribution is 2.18. The Kier molecular flexibility index (Phi) is 4.16. The molecule has 0 saturated heterocycles. The Morgan fingerprint density at radius 1 is 1.67 bits per heavy atom. The van der Waals surface area contributed by atoms with Crippen molar-refractivity contribution in [2.24, 2.45) is 5.41 Å². The molecule has 0 aromatic carbocycles. The summed E-state index contributed by atoms with van der Waals surface area (Å²) in [6, 6.07) is 0. The molecule has 0 aliphatic rings. The van der Waals surface area contributed by atoms with E-state index in [0.29, 0.717) is 18.7 Å². The fourth-order valence-electron chi connectivity index (χ4n) is 1.07. The molecule has 2 N–H and O–H groups in total. The van der Waals surface area contributed by atoms with E-state index in [9.17, 15) is 4.79 Å². The minimum absolute atomic E-state index is 0.103. The first-order valence-electron chi connectivity index (χ1n) is 4.72. The van der Waals surface area contributed by atoms with Crippen LogP contribution in [-0.2, 0) is 0 Å². The van der Waals surface area contributed by atoms with E-state index in [2.05, 4.69) is 14.1 Å². The third-order valence-electron chi connectivity index (χ3n) is 2.11. The van der Waals surface area contributed by atoms with Crippen molar-refractivity contribution in [2.75, 3.05) is 13.2 Å². The zero-order valence-electron chi connectivity index (χ0n) is 8.86. The van der Waals surface area contributed by atoms with Gasteiger partial charge in [0.1, 0.15) is 0 Å². The molecule has 0 aliphatic carbocycles. The van der Waals surface area contributed by atoms with Crippen LogP contribution < -0.4 is 5.32 Å². The highest BCUT2D eigenvalue weighted by atomic mass is 32.1. The van der Waals surface area contributed by atoms with E-state index in [1.54, 1.807) is 0 Å². The van der Waals surface area contributed by atoms with Crippen LogP contribution in [0.3, 0.4) is 0 Å². The maximum Gasteiger partial charge on any atom is 0.272 e. The van der Waals surface area contributed by atoms with Crippen LogP contribution in [0.25, 0.3) is 0 Å². The second-order valence-electron chi connectivity index (χ2n) is 4.11. The number of aliphatic hydroxyl groups is 1. The summed E-state index contributed by atoms with van der Waals surface area (Å²) in [6.07, 6.45) is 2.10. The van der Waals surface area contributed by atoms with Crippen LogP contribution in [0, 0.1) is 5.41 Å². The number of hydrogen-bond acceptors (Lipinski definition) is 5. The molecule has 1 amide bonds. The zero-order chi connectivity index (χ0) is 11.3. The molecular weight excluding hydrogens is 214 g/mol. The van der Waals surface area contributed by atoms with Gasteiger partial charge in [-0.3, -0.25) is 4.79 Å². The molecule has 0 unspecified atom stereocenters. The lowest BCUT2D eigenvalue weighted by atomic mass is 9.90. The number of aromatic nitrogens is 2. The van der Waals surface area contributed by atoms with E-state index < -0.39 is 0 Å². The Hall–Kier alpha value is -1.01. The SMILES string of the molecule is CC(C)(CCO)CNC(=O)c1cnsn1. The first-order chi connectivity index (χ1) is 7.05. The predicted octanol–water partition coefficient (Wildman–Crippen LogP) is 0.676. The Morgan fingerprint density at radius 2 is 2.40 bits per heavy atom. The van der Waals surface area contributed by atoms with Gasteiger partial charge >= 0.3 is 0 Å². The number of nitrogens with zero attached hydrogens (tertiary/aromatic N) is 2. The maximum atomic E-state index is 11.5. The molecule has 1 aromatic rings. The van der Waals surface area contributed by atoms with Gasteiger partial charge in [0.05, 0.1) is 17.9 Å². The van der Waals surface area contributed by atoms with Crippen molar-refractivity contribution in [2.45, 2.75) is 20.3 Å².